The van der Waals surface area contributed by atoms with E-state index in [-0.39, 0.29) is 42.1 Å². The van der Waals surface area contributed by atoms with Gasteiger partial charge >= 0.3 is 0 Å². The fraction of sp³-hybridized carbons (Fsp3) is 0.727. The third kappa shape index (κ3) is 4.46. The number of carbonyl (C=O) groups is 3. The maximum absolute atomic E-state index is 13.2. The number of fused-ring (bicyclic) bond motifs is 1. The molecule has 1 aliphatic carbocycles. The van der Waals surface area contributed by atoms with Crippen LogP contribution in [0.15, 0.2) is 6.07 Å². The van der Waals surface area contributed by atoms with Crippen molar-refractivity contribution in [3.63, 3.8) is 0 Å². The Labute approximate surface area is 182 Å². The van der Waals surface area contributed by atoms with E-state index < -0.39 is 5.54 Å². The molecule has 9 heteroatoms. The average molecular weight is 432 g/mol. The molecule has 0 spiro atoms. The summed E-state index contributed by atoms with van der Waals surface area (Å²) in [7, 11) is 1.64. The van der Waals surface area contributed by atoms with Gasteiger partial charge < -0.3 is 20.3 Å². The molecular formula is C22H33N5O4. The van der Waals surface area contributed by atoms with Crippen molar-refractivity contribution in [1.82, 2.24) is 25.3 Å². The summed E-state index contributed by atoms with van der Waals surface area (Å²) in [6.07, 6.45) is 8.55. The number of ether oxygens (including phenoxy) is 1. The van der Waals surface area contributed by atoms with Crippen LogP contribution >= 0.6 is 0 Å². The second-order valence-corrected chi connectivity index (χ2v) is 9.22. The van der Waals surface area contributed by atoms with Crippen LogP contribution in [0.4, 0.5) is 0 Å². The Bertz CT molecular complexity index is 839. The van der Waals surface area contributed by atoms with Gasteiger partial charge in [0.15, 0.2) is 5.69 Å². The lowest BCUT2D eigenvalue weighted by Crippen LogP contribution is -2.63. The maximum atomic E-state index is 13.2. The van der Waals surface area contributed by atoms with Crippen LogP contribution in [-0.2, 0) is 16.1 Å². The first kappa shape index (κ1) is 21.8. The summed E-state index contributed by atoms with van der Waals surface area (Å²) >= 11 is 0. The molecule has 1 saturated heterocycles. The first-order valence-electron chi connectivity index (χ1n) is 11.5. The molecule has 2 N–H and O–H groups in total. The zero-order valence-electron chi connectivity index (χ0n) is 18.5. The first-order valence-corrected chi connectivity index (χ1v) is 11.5. The van der Waals surface area contributed by atoms with Crippen molar-refractivity contribution in [2.45, 2.75) is 82.5 Å². The van der Waals surface area contributed by atoms with Crippen LogP contribution in [0, 0.1) is 0 Å². The van der Waals surface area contributed by atoms with Crippen LogP contribution in [0.5, 0.6) is 0 Å². The molecule has 0 unspecified atom stereocenters. The summed E-state index contributed by atoms with van der Waals surface area (Å²) in [5.74, 6) is -0.811. The van der Waals surface area contributed by atoms with E-state index in [4.69, 9.17) is 4.74 Å². The maximum Gasteiger partial charge on any atom is 0.272 e. The number of hydrogen-bond acceptors (Lipinski definition) is 5. The Balaban J connectivity index is 1.46. The van der Waals surface area contributed by atoms with Gasteiger partial charge in [0.05, 0.1) is 12.6 Å². The lowest BCUT2D eigenvalue weighted by Gasteiger charge is -2.41. The molecule has 0 radical (unpaired) electrons. The van der Waals surface area contributed by atoms with Crippen molar-refractivity contribution < 1.29 is 19.1 Å². The fourth-order valence-corrected chi connectivity index (χ4v) is 4.71. The minimum absolute atomic E-state index is 0.0323. The molecule has 0 bridgehead atoms. The summed E-state index contributed by atoms with van der Waals surface area (Å²) < 4.78 is 7.03. The van der Waals surface area contributed by atoms with Gasteiger partial charge in [-0.15, -0.1) is 0 Å². The fourth-order valence-electron chi connectivity index (χ4n) is 4.71. The molecule has 9 nitrogen and oxygen atoms in total. The van der Waals surface area contributed by atoms with Gasteiger partial charge in [-0.2, -0.15) is 5.10 Å². The van der Waals surface area contributed by atoms with E-state index in [9.17, 15) is 14.4 Å². The highest BCUT2D eigenvalue weighted by molar-refractivity contribution is 6.01. The third-order valence-corrected chi connectivity index (χ3v) is 6.93. The summed E-state index contributed by atoms with van der Waals surface area (Å²) in [6.45, 7) is 3.12. The Morgan fingerprint density at radius 1 is 1.19 bits per heavy atom. The first-order chi connectivity index (χ1) is 14.9. The normalized spacial score (nSPS) is 27.0. The second-order valence-electron chi connectivity index (χ2n) is 9.22. The minimum atomic E-state index is -1.06. The quantitative estimate of drug-likeness (QED) is 0.687. The molecule has 2 atom stereocenters. The largest absolute Gasteiger partial charge is 0.376 e. The molecule has 3 aliphatic rings. The molecule has 3 amide bonds. The number of amides is 3. The van der Waals surface area contributed by atoms with Crippen LogP contribution in [0.3, 0.4) is 0 Å². The van der Waals surface area contributed by atoms with Crippen LogP contribution < -0.4 is 10.6 Å². The van der Waals surface area contributed by atoms with Gasteiger partial charge in [0.2, 0.25) is 5.91 Å². The van der Waals surface area contributed by atoms with Gasteiger partial charge in [-0.05, 0) is 32.6 Å². The summed E-state index contributed by atoms with van der Waals surface area (Å²) in [4.78, 5) is 40.3. The van der Waals surface area contributed by atoms with Crippen molar-refractivity contribution in [2.24, 2.45) is 0 Å². The van der Waals surface area contributed by atoms with E-state index in [2.05, 4.69) is 15.7 Å². The van der Waals surface area contributed by atoms with E-state index in [1.165, 1.54) is 28.5 Å². The number of hydrogen-bond donors (Lipinski definition) is 2. The van der Waals surface area contributed by atoms with Gasteiger partial charge in [0.25, 0.3) is 11.8 Å². The molecule has 3 heterocycles. The van der Waals surface area contributed by atoms with E-state index in [0.717, 1.165) is 45.1 Å². The van der Waals surface area contributed by atoms with E-state index in [1.807, 2.05) is 0 Å². The van der Waals surface area contributed by atoms with Gasteiger partial charge in [-0.25, -0.2) is 0 Å². The summed E-state index contributed by atoms with van der Waals surface area (Å²) in [5.41, 5.74) is -0.555. The predicted octanol–water partition coefficient (Wildman–Crippen LogP) is 1.48. The highest BCUT2D eigenvalue weighted by Crippen LogP contribution is 2.27. The van der Waals surface area contributed by atoms with Crippen molar-refractivity contribution >= 4 is 17.7 Å². The van der Waals surface area contributed by atoms with Gasteiger partial charge in [0.1, 0.15) is 11.2 Å². The zero-order chi connectivity index (χ0) is 22.0. The van der Waals surface area contributed by atoms with E-state index >= 15 is 0 Å². The van der Waals surface area contributed by atoms with Crippen molar-refractivity contribution in [3.05, 3.63) is 17.5 Å². The Kier molecular flexibility index (Phi) is 6.31. The highest BCUT2D eigenvalue weighted by atomic mass is 16.5. The van der Waals surface area contributed by atoms with E-state index in [0.29, 0.717) is 12.2 Å². The number of aromatic nitrogens is 2. The van der Waals surface area contributed by atoms with Crippen LogP contribution in [0.25, 0.3) is 0 Å². The number of likely N-dealkylation sites (N-methyl/N-ethyl adjacent to an activating group) is 1. The topological polar surface area (TPSA) is 106 Å². The summed E-state index contributed by atoms with van der Waals surface area (Å²) in [6, 6.07) is 1.65. The van der Waals surface area contributed by atoms with Crippen LogP contribution in [0.2, 0.25) is 0 Å². The average Bonchev–Trinajstić information content (AvgIpc) is 3.35. The SMILES string of the molecule is CN1C(=O)c2cc(C(=O)NC[C@@H]3CCCO3)nn2C[C@]1(C)C(=O)NC1CCCCCC1. The summed E-state index contributed by atoms with van der Waals surface area (Å²) in [5, 5.41) is 10.4. The molecule has 1 aromatic heterocycles. The van der Waals surface area contributed by atoms with Crippen molar-refractivity contribution in [3.8, 4) is 0 Å². The number of carbonyl (C=O) groups excluding carboxylic acids is 3. The molecule has 4 rings (SSSR count). The predicted molar refractivity (Wildman–Crippen MR) is 114 cm³/mol. The van der Waals surface area contributed by atoms with Gasteiger partial charge in [-0.3, -0.25) is 19.1 Å². The molecule has 2 aliphatic heterocycles. The Morgan fingerprint density at radius 2 is 1.94 bits per heavy atom. The highest BCUT2D eigenvalue weighted by Gasteiger charge is 2.46. The smallest absolute Gasteiger partial charge is 0.272 e. The third-order valence-electron chi connectivity index (χ3n) is 6.93. The number of nitrogens with zero attached hydrogens (tertiary/aromatic N) is 3. The van der Waals surface area contributed by atoms with Gasteiger partial charge in [-0.1, -0.05) is 25.7 Å². The molecule has 2 fully saturated rings. The lowest BCUT2D eigenvalue weighted by atomic mass is 9.95. The van der Waals surface area contributed by atoms with Crippen molar-refractivity contribution in [1.29, 1.82) is 0 Å². The number of nitrogens with one attached hydrogen (secondary N) is 2. The van der Waals surface area contributed by atoms with Gasteiger partial charge in [0, 0.05) is 32.3 Å². The zero-order valence-corrected chi connectivity index (χ0v) is 18.5. The minimum Gasteiger partial charge on any atom is -0.376 e. The molecule has 1 aromatic rings. The molecule has 1 saturated carbocycles. The number of rotatable bonds is 5. The second kappa shape index (κ2) is 8.98. The lowest BCUT2D eigenvalue weighted by molar-refractivity contribution is -0.133. The van der Waals surface area contributed by atoms with E-state index in [1.54, 1.807) is 14.0 Å². The molecule has 31 heavy (non-hydrogen) atoms. The standard InChI is InChI=1S/C22H33N5O4/c1-22(21(30)24-15-8-5-3-4-6-9-15)14-27-18(20(29)26(22)2)12-17(25-27)19(28)23-13-16-10-7-11-31-16/h12,15-16H,3-11,13-14H2,1-2H3,(H,23,28)(H,24,30)/t16-,22+/m0/s1. The molecule has 0 aromatic carbocycles. The molecule has 170 valence electrons. The van der Waals surface area contributed by atoms with Crippen LogP contribution in [0.1, 0.15) is 79.3 Å². The molecular weight excluding hydrogens is 398 g/mol. The van der Waals surface area contributed by atoms with Crippen LogP contribution in [-0.4, -0.2) is 70.3 Å². The van der Waals surface area contributed by atoms with Crippen molar-refractivity contribution in [2.75, 3.05) is 20.2 Å². The Morgan fingerprint density at radius 3 is 2.61 bits per heavy atom. The Hall–Kier alpha value is -2.42. The monoisotopic (exact) mass is 431 g/mol.